The quantitative estimate of drug-likeness (QED) is 0.423. The van der Waals surface area contributed by atoms with Gasteiger partial charge in [0.15, 0.2) is 0 Å². The number of thioether (sulfide) groups is 1. The van der Waals surface area contributed by atoms with Crippen LogP contribution in [-0.2, 0) is 0 Å². The maximum atomic E-state index is 12.5. The molecule has 0 fully saturated rings. The van der Waals surface area contributed by atoms with E-state index in [0.717, 1.165) is 30.8 Å². The van der Waals surface area contributed by atoms with Crippen LogP contribution in [0, 0.1) is 0 Å². The van der Waals surface area contributed by atoms with Gasteiger partial charge >= 0.3 is 0 Å². The highest BCUT2D eigenvalue weighted by molar-refractivity contribution is 7.99. The molecule has 3 aromatic carbocycles. The first-order valence-electron chi connectivity index (χ1n) is 10.7. The van der Waals surface area contributed by atoms with Crippen molar-refractivity contribution in [3.05, 3.63) is 95.6 Å². The van der Waals surface area contributed by atoms with Gasteiger partial charge in [0.05, 0.1) is 5.25 Å². The lowest BCUT2D eigenvalue weighted by molar-refractivity contribution is 0.0949. The Bertz CT molecular complexity index is 939. The molecule has 5 heteroatoms. The van der Waals surface area contributed by atoms with Crippen LogP contribution in [0.1, 0.15) is 40.6 Å². The van der Waals surface area contributed by atoms with Crippen molar-refractivity contribution < 1.29 is 9.90 Å². The molecule has 0 heterocycles. The smallest absolute Gasteiger partial charge is 0.251 e. The van der Waals surface area contributed by atoms with Gasteiger partial charge in [-0.2, -0.15) is 0 Å². The number of phenolic OH excluding ortho intramolecular Hbond substituents is 1. The van der Waals surface area contributed by atoms with Crippen LogP contribution in [0.25, 0.3) is 0 Å². The fraction of sp³-hybridized carbons (Fsp3) is 0.269. The van der Waals surface area contributed by atoms with Gasteiger partial charge in [0.2, 0.25) is 0 Å². The molecule has 0 radical (unpaired) electrons. The van der Waals surface area contributed by atoms with E-state index in [1.807, 2.05) is 54.6 Å². The van der Waals surface area contributed by atoms with Crippen LogP contribution in [0.3, 0.4) is 0 Å². The molecule has 0 aliphatic rings. The van der Waals surface area contributed by atoms with Crippen molar-refractivity contribution in [3.63, 3.8) is 0 Å². The van der Waals surface area contributed by atoms with Crippen molar-refractivity contribution in [2.75, 3.05) is 26.2 Å². The molecule has 162 valence electrons. The lowest BCUT2D eigenvalue weighted by atomic mass is 10.0. The third kappa shape index (κ3) is 6.61. The summed E-state index contributed by atoms with van der Waals surface area (Å²) in [5, 5.41) is 12.7. The summed E-state index contributed by atoms with van der Waals surface area (Å²) in [5.74, 6) is 0.208. The van der Waals surface area contributed by atoms with Crippen LogP contribution in [-0.4, -0.2) is 42.1 Å². The molecule has 1 amide bonds. The van der Waals surface area contributed by atoms with Crippen molar-refractivity contribution >= 4 is 17.7 Å². The minimum absolute atomic E-state index is 0.0457. The van der Waals surface area contributed by atoms with Gasteiger partial charge in [-0.15, -0.1) is 11.8 Å². The number of benzene rings is 3. The van der Waals surface area contributed by atoms with E-state index in [2.05, 4.69) is 36.2 Å². The molecule has 2 N–H and O–H groups in total. The largest absolute Gasteiger partial charge is 0.508 e. The summed E-state index contributed by atoms with van der Waals surface area (Å²) < 4.78 is 0. The molecule has 3 rings (SSSR count). The van der Waals surface area contributed by atoms with Gasteiger partial charge in [-0.1, -0.05) is 56.3 Å². The van der Waals surface area contributed by atoms with Crippen molar-refractivity contribution in [2.45, 2.75) is 24.0 Å². The van der Waals surface area contributed by atoms with Gasteiger partial charge in [-0.05, 0) is 60.6 Å². The molecule has 4 nitrogen and oxygen atoms in total. The molecular formula is C26H30N2O2S. The minimum Gasteiger partial charge on any atom is -0.508 e. The number of hydrogen-bond acceptors (Lipinski definition) is 4. The zero-order valence-electron chi connectivity index (χ0n) is 18.1. The molecule has 31 heavy (non-hydrogen) atoms. The Morgan fingerprint density at radius 1 is 0.903 bits per heavy atom. The maximum absolute atomic E-state index is 12.5. The third-order valence-electron chi connectivity index (χ3n) is 5.28. The van der Waals surface area contributed by atoms with E-state index >= 15 is 0 Å². The first-order chi connectivity index (χ1) is 15.1. The average Bonchev–Trinajstić information content (AvgIpc) is 2.82. The number of likely N-dealkylation sites (N-methyl/N-ethyl adjacent to an activating group) is 1. The fourth-order valence-electron chi connectivity index (χ4n) is 3.39. The van der Waals surface area contributed by atoms with Gasteiger partial charge in [0.25, 0.3) is 5.91 Å². The highest BCUT2D eigenvalue weighted by atomic mass is 32.2. The predicted octanol–water partition coefficient (Wildman–Crippen LogP) is 5.35. The predicted molar refractivity (Wildman–Crippen MR) is 129 cm³/mol. The monoisotopic (exact) mass is 434 g/mol. The molecule has 0 bridgehead atoms. The Labute approximate surface area is 189 Å². The van der Waals surface area contributed by atoms with Crippen LogP contribution in [0.5, 0.6) is 5.75 Å². The highest BCUT2D eigenvalue weighted by Gasteiger charge is 2.17. The summed E-state index contributed by atoms with van der Waals surface area (Å²) in [6, 6.07) is 25.4. The van der Waals surface area contributed by atoms with E-state index in [9.17, 15) is 9.90 Å². The number of nitrogens with zero attached hydrogens (tertiary/aromatic N) is 1. The summed E-state index contributed by atoms with van der Waals surface area (Å²) in [5.41, 5.74) is 2.87. The number of carbonyl (C=O) groups excluding carboxylic acids is 1. The van der Waals surface area contributed by atoms with E-state index in [1.165, 1.54) is 4.90 Å². The number of aromatic hydroxyl groups is 1. The summed E-state index contributed by atoms with van der Waals surface area (Å²) >= 11 is 1.75. The van der Waals surface area contributed by atoms with Crippen molar-refractivity contribution in [1.82, 2.24) is 10.2 Å². The number of nitrogens with one attached hydrogen (secondary N) is 1. The van der Waals surface area contributed by atoms with Crippen LogP contribution < -0.4 is 5.32 Å². The van der Waals surface area contributed by atoms with Crippen LogP contribution in [0.4, 0.5) is 0 Å². The molecule has 0 saturated heterocycles. The van der Waals surface area contributed by atoms with Gasteiger partial charge in [-0.25, -0.2) is 0 Å². The molecule has 1 atom stereocenters. The zero-order valence-corrected chi connectivity index (χ0v) is 18.9. The van der Waals surface area contributed by atoms with Crippen molar-refractivity contribution in [1.29, 1.82) is 0 Å². The Morgan fingerprint density at radius 3 is 2.06 bits per heavy atom. The van der Waals surface area contributed by atoms with Gasteiger partial charge < -0.3 is 15.3 Å². The number of rotatable bonds is 10. The van der Waals surface area contributed by atoms with Crippen LogP contribution in [0.2, 0.25) is 0 Å². The second-order valence-electron chi connectivity index (χ2n) is 7.31. The zero-order chi connectivity index (χ0) is 22.1. The number of carbonyl (C=O) groups is 1. The summed E-state index contributed by atoms with van der Waals surface area (Å²) in [7, 11) is 0. The minimum atomic E-state index is -0.0457. The fourth-order valence-corrected chi connectivity index (χ4v) is 4.56. The van der Waals surface area contributed by atoms with Gasteiger partial charge in [0.1, 0.15) is 5.75 Å². The normalized spacial score (nSPS) is 12.0. The maximum Gasteiger partial charge on any atom is 0.251 e. The van der Waals surface area contributed by atoms with Gasteiger partial charge in [-0.3, -0.25) is 4.79 Å². The van der Waals surface area contributed by atoms with Crippen molar-refractivity contribution in [2.24, 2.45) is 0 Å². The standard InChI is InChI=1S/C26H30N2O2S/c1-3-28(4-2)19-18-27-26(30)22-12-10-20(11-13-22)25(21-14-16-23(29)17-15-21)31-24-8-6-5-7-9-24/h5-17,25,29H,3-4,18-19H2,1-2H3,(H,27,30). The molecule has 1 unspecified atom stereocenters. The second-order valence-corrected chi connectivity index (χ2v) is 8.49. The van der Waals surface area contributed by atoms with E-state index in [1.54, 1.807) is 23.9 Å². The summed E-state index contributed by atoms with van der Waals surface area (Å²) in [4.78, 5) is 16.0. The lowest BCUT2D eigenvalue weighted by Gasteiger charge is -2.19. The first kappa shape index (κ1) is 22.9. The van der Waals surface area contributed by atoms with Crippen LogP contribution in [0.15, 0.2) is 83.8 Å². The Morgan fingerprint density at radius 2 is 1.48 bits per heavy atom. The molecule has 0 aliphatic carbocycles. The van der Waals surface area contributed by atoms with E-state index in [4.69, 9.17) is 0 Å². The topological polar surface area (TPSA) is 52.6 Å². The second kappa shape index (κ2) is 11.6. The molecule has 0 aliphatic heterocycles. The Hall–Kier alpha value is -2.76. The molecular weight excluding hydrogens is 404 g/mol. The molecule has 3 aromatic rings. The summed E-state index contributed by atoms with van der Waals surface area (Å²) in [6.07, 6.45) is 0. The van der Waals surface area contributed by atoms with Crippen LogP contribution >= 0.6 is 11.8 Å². The third-order valence-corrected chi connectivity index (χ3v) is 6.60. The summed E-state index contributed by atoms with van der Waals surface area (Å²) in [6.45, 7) is 7.72. The molecule has 0 aromatic heterocycles. The van der Waals surface area contributed by atoms with E-state index in [-0.39, 0.29) is 16.9 Å². The Kier molecular flexibility index (Phi) is 8.56. The van der Waals surface area contributed by atoms with E-state index < -0.39 is 0 Å². The highest BCUT2D eigenvalue weighted by Crippen LogP contribution is 2.40. The number of amides is 1. The van der Waals surface area contributed by atoms with Crippen molar-refractivity contribution in [3.8, 4) is 5.75 Å². The van der Waals surface area contributed by atoms with Gasteiger partial charge in [0, 0.05) is 23.5 Å². The van der Waals surface area contributed by atoms with E-state index in [0.29, 0.717) is 12.1 Å². The number of phenols is 1. The SMILES string of the molecule is CCN(CC)CCNC(=O)c1ccc(C(Sc2ccccc2)c2ccc(O)cc2)cc1. The lowest BCUT2D eigenvalue weighted by Crippen LogP contribution is -2.34. The Balaban J connectivity index is 1.74. The number of hydrogen-bond donors (Lipinski definition) is 2. The average molecular weight is 435 g/mol. The first-order valence-corrected chi connectivity index (χ1v) is 11.6. The molecule has 0 spiro atoms. The molecule has 0 saturated carbocycles.